The fraction of sp³-hybridized carbons (Fsp3) is 0.400. The Morgan fingerprint density at radius 2 is 2.04 bits per heavy atom. The van der Waals surface area contributed by atoms with Crippen molar-refractivity contribution in [2.45, 2.75) is 33.9 Å². The third-order valence-electron chi connectivity index (χ3n) is 5.24. The number of hydrogen-bond acceptors (Lipinski definition) is 4. The van der Waals surface area contributed by atoms with Gasteiger partial charge in [0.05, 0.1) is 17.6 Å². The van der Waals surface area contributed by atoms with Crippen LogP contribution in [-0.4, -0.2) is 32.7 Å². The minimum absolute atomic E-state index is 0.537. The molecule has 1 aliphatic rings. The molecule has 0 bridgehead atoms. The van der Waals surface area contributed by atoms with Gasteiger partial charge in [-0.05, 0) is 32.4 Å². The van der Waals surface area contributed by atoms with Gasteiger partial charge in [-0.25, -0.2) is 9.36 Å². The van der Waals surface area contributed by atoms with Crippen LogP contribution in [0.2, 0.25) is 0 Å². The van der Waals surface area contributed by atoms with Crippen LogP contribution in [0.4, 0.5) is 5.82 Å². The number of hydrogen-bond donors (Lipinski definition) is 2. The first-order valence-corrected chi connectivity index (χ1v) is 9.21. The van der Waals surface area contributed by atoms with E-state index in [0.29, 0.717) is 5.92 Å². The summed E-state index contributed by atoms with van der Waals surface area (Å²) in [7, 11) is 0. The molecule has 1 aromatic carbocycles. The van der Waals surface area contributed by atoms with Gasteiger partial charge in [-0.3, -0.25) is 0 Å². The number of para-hydroxylation sites is 1. The van der Waals surface area contributed by atoms with Crippen LogP contribution in [-0.2, 0) is 13.1 Å². The highest BCUT2D eigenvalue weighted by Crippen LogP contribution is 2.21. The lowest BCUT2D eigenvalue weighted by Crippen LogP contribution is -2.35. The summed E-state index contributed by atoms with van der Waals surface area (Å²) in [6.45, 7) is 10.1. The third kappa shape index (κ3) is 3.12. The highest BCUT2D eigenvalue weighted by atomic mass is 15.3. The maximum atomic E-state index is 4.78. The zero-order valence-corrected chi connectivity index (χ0v) is 15.7. The number of nitrogens with zero attached hydrogens (tertiary/aromatic N) is 4. The van der Waals surface area contributed by atoms with E-state index < -0.39 is 0 Å². The molecule has 0 radical (unpaired) electrons. The van der Waals surface area contributed by atoms with Crippen LogP contribution in [0.15, 0.2) is 36.5 Å². The predicted octanol–water partition coefficient (Wildman–Crippen LogP) is 2.83. The Morgan fingerprint density at radius 3 is 2.88 bits per heavy atom. The van der Waals surface area contributed by atoms with Crippen molar-refractivity contribution in [1.82, 2.24) is 24.9 Å². The van der Waals surface area contributed by atoms with Crippen molar-refractivity contribution < 1.29 is 0 Å². The molecular formula is C20H26N6. The van der Waals surface area contributed by atoms with Crippen molar-refractivity contribution in [3.05, 3.63) is 59.0 Å². The lowest BCUT2D eigenvalue weighted by molar-refractivity contribution is 0.391. The zero-order valence-electron chi connectivity index (χ0n) is 15.7. The molecule has 0 saturated carbocycles. The number of benzene rings is 1. The van der Waals surface area contributed by atoms with E-state index in [9.17, 15) is 0 Å². The summed E-state index contributed by atoms with van der Waals surface area (Å²) in [5.41, 5.74) is 5.98. The number of aromatic nitrogens is 4. The van der Waals surface area contributed by atoms with E-state index in [1.807, 2.05) is 16.9 Å². The fourth-order valence-electron chi connectivity index (χ4n) is 3.69. The molecule has 1 atom stereocenters. The quantitative estimate of drug-likeness (QED) is 0.743. The van der Waals surface area contributed by atoms with Gasteiger partial charge in [0, 0.05) is 49.4 Å². The van der Waals surface area contributed by atoms with Crippen LogP contribution in [0.25, 0.3) is 5.69 Å². The van der Waals surface area contributed by atoms with Gasteiger partial charge in [0.25, 0.3) is 0 Å². The van der Waals surface area contributed by atoms with Gasteiger partial charge in [-0.15, -0.1) is 0 Å². The van der Waals surface area contributed by atoms with Crippen LogP contribution in [0, 0.1) is 26.7 Å². The maximum Gasteiger partial charge on any atom is 0.124 e. The Hall–Kier alpha value is -2.60. The van der Waals surface area contributed by atoms with E-state index in [-0.39, 0.29) is 0 Å². The normalized spacial score (nSPS) is 16.3. The van der Waals surface area contributed by atoms with Crippen molar-refractivity contribution in [2.75, 3.05) is 18.4 Å². The summed E-state index contributed by atoms with van der Waals surface area (Å²) in [6, 6.07) is 10.4. The molecule has 136 valence electrons. The average molecular weight is 350 g/mol. The SMILES string of the molecule is Cc1ccccc1-n1nc(C)c(CNC[C@@H]2CNc3ccnn3C2)c1C. The summed E-state index contributed by atoms with van der Waals surface area (Å²) in [5, 5.41) is 16.2. The van der Waals surface area contributed by atoms with Gasteiger partial charge in [-0.1, -0.05) is 18.2 Å². The molecule has 0 saturated heterocycles. The first-order chi connectivity index (χ1) is 12.6. The molecule has 0 spiro atoms. The summed E-state index contributed by atoms with van der Waals surface area (Å²) in [5.74, 6) is 1.65. The van der Waals surface area contributed by atoms with E-state index in [1.165, 1.54) is 16.8 Å². The molecule has 0 fully saturated rings. The predicted molar refractivity (Wildman–Crippen MR) is 104 cm³/mol. The molecule has 2 N–H and O–H groups in total. The zero-order chi connectivity index (χ0) is 18.1. The second kappa shape index (κ2) is 6.96. The monoisotopic (exact) mass is 350 g/mol. The van der Waals surface area contributed by atoms with Crippen molar-refractivity contribution in [2.24, 2.45) is 5.92 Å². The van der Waals surface area contributed by atoms with E-state index in [1.54, 1.807) is 0 Å². The van der Waals surface area contributed by atoms with Gasteiger partial charge >= 0.3 is 0 Å². The van der Waals surface area contributed by atoms with Crippen molar-refractivity contribution in [3.8, 4) is 5.69 Å². The molecule has 1 aliphatic heterocycles. The average Bonchev–Trinajstić information content (AvgIpc) is 3.21. The van der Waals surface area contributed by atoms with E-state index in [2.05, 4.69) is 65.5 Å². The van der Waals surface area contributed by atoms with E-state index in [0.717, 1.165) is 43.4 Å². The molecule has 3 aromatic rings. The van der Waals surface area contributed by atoms with Crippen LogP contribution in [0.5, 0.6) is 0 Å². The minimum atomic E-state index is 0.537. The summed E-state index contributed by atoms with van der Waals surface area (Å²) >= 11 is 0. The molecular weight excluding hydrogens is 324 g/mol. The Morgan fingerprint density at radius 1 is 1.19 bits per heavy atom. The first-order valence-electron chi connectivity index (χ1n) is 9.21. The lowest BCUT2D eigenvalue weighted by atomic mass is 10.1. The third-order valence-corrected chi connectivity index (χ3v) is 5.24. The number of fused-ring (bicyclic) bond motifs is 1. The molecule has 4 rings (SSSR count). The highest BCUT2D eigenvalue weighted by Gasteiger charge is 2.19. The molecule has 2 aromatic heterocycles. The molecule has 0 amide bonds. The first kappa shape index (κ1) is 16.8. The van der Waals surface area contributed by atoms with Crippen LogP contribution < -0.4 is 10.6 Å². The number of aryl methyl sites for hydroxylation is 2. The van der Waals surface area contributed by atoms with Gasteiger partial charge in [0.1, 0.15) is 5.82 Å². The van der Waals surface area contributed by atoms with Gasteiger partial charge < -0.3 is 10.6 Å². The lowest BCUT2D eigenvalue weighted by Gasteiger charge is -2.25. The molecule has 0 unspecified atom stereocenters. The van der Waals surface area contributed by atoms with Crippen molar-refractivity contribution >= 4 is 5.82 Å². The summed E-state index contributed by atoms with van der Waals surface area (Å²) < 4.78 is 4.11. The Balaban J connectivity index is 1.42. The number of anilines is 1. The van der Waals surface area contributed by atoms with Crippen molar-refractivity contribution in [1.29, 1.82) is 0 Å². The minimum Gasteiger partial charge on any atom is -0.370 e. The Bertz CT molecular complexity index is 907. The van der Waals surface area contributed by atoms with Gasteiger partial charge in [-0.2, -0.15) is 10.2 Å². The summed E-state index contributed by atoms with van der Waals surface area (Å²) in [4.78, 5) is 0. The second-order valence-corrected chi connectivity index (χ2v) is 7.12. The maximum absolute atomic E-state index is 4.78. The van der Waals surface area contributed by atoms with Crippen LogP contribution in [0.3, 0.4) is 0 Å². The van der Waals surface area contributed by atoms with Crippen molar-refractivity contribution in [3.63, 3.8) is 0 Å². The van der Waals surface area contributed by atoms with E-state index >= 15 is 0 Å². The largest absolute Gasteiger partial charge is 0.370 e. The highest BCUT2D eigenvalue weighted by molar-refractivity contribution is 5.42. The van der Waals surface area contributed by atoms with Crippen LogP contribution in [0.1, 0.15) is 22.5 Å². The fourth-order valence-corrected chi connectivity index (χ4v) is 3.69. The second-order valence-electron chi connectivity index (χ2n) is 7.12. The Kier molecular flexibility index (Phi) is 4.51. The van der Waals surface area contributed by atoms with Crippen LogP contribution >= 0.6 is 0 Å². The number of nitrogens with one attached hydrogen (secondary N) is 2. The van der Waals surface area contributed by atoms with Gasteiger partial charge in [0.15, 0.2) is 0 Å². The standard InChI is InChI=1S/C20H26N6/c1-14-6-4-5-7-19(14)26-16(3)18(15(2)24-26)12-21-10-17-11-22-20-8-9-23-25(20)13-17/h4-9,17,21-22H,10-13H2,1-3H3/t17-/m1/s1. The van der Waals surface area contributed by atoms with Gasteiger partial charge in [0.2, 0.25) is 0 Å². The molecule has 0 aliphatic carbocycles. The smallest absolute Gasteiger partial charge is 0.124 e. The molecule has 6 nitrogen and oxygen atoms in total. The number of rotatable bonds is 5. The van der Waals surface area contributed by atoms with E-state index in [4.69, 9.17) is 5.10 Å². The Labute approximate surface area is 154 Å². The molecule has 26 heavy (non-hydrogen) atoms. The topological polar surface area (TPSA) is 59.7 Å². The molecule has 3 heterocycles. The summed E-state index contributed by atoms with van der Waals surface area (Å²) in [6.07, 6.45) is 1.85. The molecule has 6 heteroatoms.